The number of hydrogen-bond donors (Lipinski definition) is 1. The minimum absolute atomic E-state index is 0.0249. The third-order valence-electron chi connectivity index (χ3n) is 4.47. The van der Waals surface area contributed by atoms with Gasteiger partial charge in [-0.1, -0.05) is 18.2 Å². The summed E-state index contributed by atoms with van der Waals surface area (Å²) in [4.78, 5) is 31.2. The smallest absolute Gasteiger partial charge is 0.254 e. The van der Waals surface area contributed by atoms with Crippen LogP contribution < -0.4 is 0 Å². The van der Waals surface area contributed by atoms with E-state index in [1.807, 2.05) is 48.2 Å². The molecule has 126 valence electrons. The highest BCUT2D eigenvalue weighted by Crippen LogP contribution is 2.33. The lowest BCUT2D eigenvalue weighted by Crippen LogP contribution is -2.31. The maximum absolute atomic E-state index is 12.9. The zero-order chi connectivity index (χ0) is 17.2. The van der Waals surface area contributed by atoms with Crippen LogP contribution in [-0.4, -0.2) is 37.3 Å². The van der Waals surface area contributed by atoms with E-state index >= 15 is 0 Å². The molecule has 4 rings (SSSR count). The van der Waals surface area contributed by atoms with Gasteiger partial charge in [-0.05, 0) is 38.0 Å². The van der Waals surface area contributed by atoms with Gasteiger partial charge in [0.25, 0.3) is 5.91 Å². The topological polar surface area (TPSA) is 74.8 Å². The Morgan fingerprint density at radius 1 is 1.24 bits per heavy atom. The van der Waals surface area contributed by atoms with Gasteiger partial charge in [0.1, 0.15) is 11.5 Å². The summed E-state index contributed by atoms with van der Waals surface area (Å²) in [6.45, 7) is 2.62. The molecule has 0 aliphatic carbocycles. The molecule has 1 amide bonds. The summed E-state index contributed by atoms with van der Waals surface area (Å²) < 4.78 is 0. The quantitative estimate of drug-likeness (QED) is 0.799. The standard InChI is InChI=1S/C19H19N5O/c1-13-22-15(12-16(23-13)18-20-9-10-21-18)17-8-5-11-24(17)19(25)14-6-3-2-4-7-14/h2-4,6-7,9-10,12,17H,5,8,11H2,1H3,(H,20,21)/t17-/m1/s1. The molecule has 3 heterocycles. The number of aromatic amines is 1. The third-order valence-corrected chi connectivity index (χ3v) is 4.47. The van der Waals surface area contributed by atoms with Gasteiger partial charge in [-0.3, -0.25) is 4.79 Å². The number of carbonyl (C=O) groups is 1. The fourth-order valence-corrected chi connectivity index (χ4v) is 3.35. The van der Waals surface area contributed by atoms with E-state index in [4.69, 9.17) is 0 Å². The van der Waals surface area contributed by atoms with Crippen LogP contribution in [0.3, 0.4) is 0 Å². The molecule has 6 heteroatoms. The summed E-state index contributed by atoms with van der Waals surface area (Å²) in [5, 5.41) is 0. The molecule has 0 unspecified atom stereocenters. The SMILES string of the molecule is Cc1nc(-c2ncc[nH]2)cc([C@H]2CCCN2C(=O)c2ccccc2)n1. The van der Waals surface area contributed by atoms with Crippen LogP contribution in [0.15, 0.2) is 48.8 Å². The first-order chi connectivity index (χ1) is 12.2. The molecule has 0 radical (unpaired) electrons. The summed E-state index contributed by atoms with van der Waals surface area (Å²) in [5.41, 5.74) is 2.35. The molecule has 1 aliphatic rings. The van der Waals surface area contributed by atoms with Crippen molar-refractivity contribution in [2.45, 2.75) is 25.8 Å². The Morgan fingerprint density at radius 3 is 2.84 bits per heavy atom. The van der Waals surface area contributed by atoms with Gasteiger partial charge in [-0.25, -0.2) is 15.0 Å². The van der Waals surface area contributed by atoms with Crippen LogP contribution >= 0.6 is 0 Å². The van der Waals surface area contributed by atoms with Crippen molar-refractivity contribution in [2.75, 3.05) is 6.54 Å². The number of amides is 1. The highest BCUT2D eigenvalue weighted by atomic mass is 16.2. The zero-order valence-corrected chi connectivity index (χ0v) is 14.0. The average Bonchev–Trinajstić information content (AvgIpc) is 3.33. The summed E-state index contributed by atoms with van der Waals surface area (Å²) in [6.07, 6.45) is 5.36. The number of likely N-dealkylation sites (tertiary alicyclic amines) is 1. The van der Waals surface area contributed by atoms with Crippen LogP contribution in [0, 0.1) is 6.92 Å². The number of nitrogens with zero attached hydrogens (tertiary/aromatic N) is 4. The van der Waals surface area contributed by atoms with Crippen LogP contribution in [0.1, 0.15) is 40.8 Å². The number of aryl methyl sites for hydroxylation is 1. The molecule has 1 atom stereocenters. The van der Waals surface area contributed by atoms with Crippen molar-refractivity contribution in [3.63, 3.8) is 0 Å². The number of rotatable bonds is 3. The highest BCUT2D eigenvalue weighted by Gasteiger charge is 2.32. The van der Waals surface area contributed by atoms with Gasteiger partial charge < -0.3 is 9.88 Å². The van der Waals surface area contributed by atoms with Crippen LogP contribution in [-0.2, 0) is 0 Å². The summed E-state index contributed by atoms with van der Waals surface area (Å²) in [5.74, 6) is 1.45. The van der Waals surface area contributed by atoms with Gasteiger partial charge in [-0.2, -0.15) is 0 Å². The second-order valence-corrected chi connectivity index (χ2v) is 6.19. The van der Waals surface area contributed by atoms with Gasteiger partial charge in [0.15, 0.2) is 5.82 Å². The van der Waals surface area contributed by atoms with E-state index in [2.05, 4.69) is 19.9 Å². The average molecular weight is 333 g/mol. The minimum Gasteiger partial charge on any atom is -0.343 e. The maximum Gasteiger partial charge on any atom is 0.254 e. The Bertz CT molecular complexity index is 876. The summed E-state index contributed by atoms with van der Waals surface area (Å²) in [6, 6.07) is 11.3. The maximum atomic E-state index is 12.9. The number of H-pyrrole nitrogens is 1. The molecular weight excluding hydrogens is 314 g/mol. The molecule has 0 bridgehead atoms. The first kappa shape index (κ1) is 15.5. The molecule has 1 fully saturated rings. The lowest BCUT2D eigenvalue weighted by Gasteiger charge is -2.25. The number of nitrogens with one attached hydrogen (secondary N) is 1. The van der Waals surface area contributed by atoms with E-state index < -0.39 is 0 Å². The van der Waals surface area contributed by atoms with Crippen molar-refractivity contribution >= 4 is 5.91 Å². The fourth-order valence-electron chi connectivity index (χ4n) is 3.35. The first-order valence-electron chi connectivity index (χ1n) is 8.44. The van der Waals surface area contributed by atoms with Gasteiger partial charge in [0.05, 0.1) is 11.7 Å². The molecule has 1 aliphatic heterocycles. The lowest BCUT2D eigenvalue weighted by molar-refractivity contribution is 0.0732. The predicted molar refractivity (Wildman–Crippen MR) is 93.8 cm³/mol. The van der Waals surface area contributed by atoms with E-state index in [0.29, 0.717) is 17.2 Å². The number of imidazole rings is 1. The van der Waals surface area contributed by atoms with Crippen LogP contribution in [0.5, 0.6) is 0 Å². The van der Waals surface area contributed by atoms with Crippen LogP contribution in [0.4, 0.5) is 0 Å². The molecule has 2 aromatic heterocycles. The van der Waals surface area contributed by atoms with E-state index in [0.717, 1.165) is 30.8 Å². The molecular formula is C19H19N5O. The Morgan fingerprint density at radius 2 is 2.08 bits per heavy atom. The van der Waals surface area contributed by atoms with Gasteiger partial charge in [0, 0.05) is 24.5 Å². The van der Waals surface area contributed by atoms with Crippen molar-refractivity contribution in [3.8, 4) is 11.5 Å². The minimum atomic E-state index is -0.0249. The van der Waals surface area contributed by atoms with Crippen molar-refractivity contribution in [1.29, 1.82) is 0 Å². The zero-order valence-electron chi connectivity index (χ0n) is 14.0. The highest BCUT2D eigenvalue weighted by molar-refractivity contribution is 5.94. The molecule has 25 heavy (non-hydrogen) atoms. The van der Waals surface area contributed by atoms with Crippen molar-refractivity contribution in [3.05, 3.63) is 65.9 Å². The predicted octanol–water partition coefficient (Wildman–Crippen LogP) is 3.15. The molecule has 0 saturated carbocycles. The van der Waals surface area contributed by atoms with E-state index in [1.54, 1.807) is 12.4 Å². The normalized spacial score (nSPS) is 17.0. The van der Waals surface area contributed by atoms with Crippen molar-refractivity contribution < 1.29 is 4.79 Å². The molecule has 0 spiro atoms. The van der Waals surface area contributed by atoms with Crippen molar-refractivity contribution in [1.82, 2.24) is 24.8 Å². The molecule has 1 aromatic carbocycles. The number of carbonyl (C=O) groups excluding carboxylic acids is 1. The lowest BCUT2D eigenvalue weighted by atomic mass is 10.1. The van der Waals surface area contributed by atoms with E-state index in [1.165, 1.54) is 0 Å². The second-order valence-electron chi connectivity index (χ2n) is 6.19. The summed E-state index contributed by atoms with van der Waals surface area (Å²) in [7, 11) is 0. The van der Waals surface area contributed by atoms with Gasteiger partial charge in [0.2, 0.25) is 0 Å². The number of benzene rings is 1. The molecule has 6 nitrogen and oxygen atoms in total. The van der Waals surface area contributed by atoms with Gasteiger partial charge >= 0.3 is 0 Å². The first-order valence-corrected chi connectivity index (χ1v) is 8.44. The van der Waals surface area contributed by atoms with Crippen LogP contribution in [0.25, 0.3) is 11.5 Å². The largest absolute Gasteiger partial charge is 0.343 e. The Kier molecular flexibility index (Phi) is 4.01. The molecule has 1 saturated heterocycles. The van der Waals surface area contributed by atoms with E-state index in [9.17, 15) is 4.79 Å². The molecule has 3 aromatic rings. The van der Waals surface area contributed by atoms with E-state index in [-0.39, 0.29) is 11.9 Å². The second kappa shape index (κ2) is 6.47. The Balaban J connectivity index is 1.68. The number of aromatic nitrogens is 4. The third kappa shape index (κ3) is 3.03. The Hall–Kier alpha value is -3.02. The number of hydrogen-bond acceptors (Lipinski definition) is 4. The van der Waals surface area contributed by atoms with Crippen LogP contribution in [0.2, 0.25) is 0 Å². The summed E-state index contributed by atoms with van der Waals surface area (Å²) >= 11 is 0. The monoisotopic (exact) mass is 333 g/mol. The van der Waals surface area contributed by atoms with Crippen molar-refractivity contribution in [2.24, 2.45) is 0 Å². The van der Waals surface area contributed by atoms with Gasteiger partial charge in [-0.15, -0.1) is 0 Å². The Labute approximate surface area is 146 Å². The molecule has 1 N–H and O–H groups in total. The fraction of sp³-hybridized carbons (Fsp3) is 0.263.